The van der Waals surface area contributed by atoms with Crippen molar-refractivity contribution in [3.05, 3.63) is 102 Å². The summed E-state index contributed by atoms with van der Waals surface area (Å²) < 4.78 is 0. The molecule has 1 aromatic heterocycles. The molecule has 3 aromatic carbocycles. The molecular formula is C33H32IrNO3-. The van der Waals surface area contributed by atoms with Gasteiger partial charge in [-0.05, 0) is 34.7 Å². The third kappa shape index (κ3) is 6.53. The van der Waals surface area contributed by atoms with Gasteiger partial charge >= 0.3 is 0 Å². The second-order valence-corrected chi connectivity index (χ2v) is 10.2. The van der Waals surface area contributed by atoms with Gasteiger partial charge in [-0.2, -0.15) is 0 Å². The van der Waals surface area contributed by atoms with E-state index in [9.17, 15) is 14.7 Å². The van der Waals surface area contributed by atoms with Crippen molar-refractivity contribution in [1.82, 2.24) is 4.98 Å². The number of benzene rings is 3. The van der Waals surface area contributed by atoms with E-state index in [0.717, 1.165) is 44.4 Å². The molecule has 4 nitrogen and oxygen atoms in total. The van der Waals surface area contributed by atoms with Crippen molar-refractivity contribution in [2.45, 2.75) is 40.5 Å². The third-order valence-electron chi connectivity index (χ3n) is 6.08. The maximum Gasteiger partial charge on any atom is 0.194 e. The van der Waals surface area contributed by atoms with Gasteiger partial charge in [0, 0.05) is 55.5 Å². The molecule has 0 saturated carbocycles. The van der Waals surface area contributed by atoms with E-state index >= 15 is 0 Å². The molecule has 0 fully saturated rings. The molecule has 1 N–H and O–H groups in total. The molecule has 0 spiro atoms. The summed E-state index contributed by atoms with van der Waals surface area (Å²) in [4.78, 5) is 29.1. The predicted octanol–water partition coefficient (Wildman–Crippen LogP) is 8.00. The number of allylic oxidation sites excluding steroid dienone is 2. The number of aromatic nitrogens is 1. The first-order valence-corrected chi connectivity index (χ1v) is 12.7. The summed E-state index contributed by atoms with van der Waals surface area (Å²) in [6.07, 6.45) is 2.46. The first-order chi connectivity index (χ1) is 17.8. The summed E-state index contributed by atoms with van der Waals surface area (Å²) in [6, 6.07) is 26.6. The fourth-order valence-electron chi connectivity index (χ4n) is 4.60. The van der Waals surface area contributed by atoms with Gasteiger partial charge in [0.1, 0.15) is 0 Å². The quantitative estimate of drug-likeness (QED) is 0.112. The average Bonchev–Trinajstić information content (AvgIpc) is 3.16. The number of hydrogen-bond donors (Lipinski definition) is 1. The number of carbonyl (C=O) groups excluding carboxylic acids is 2. The van der Waals surface area contributed by atoms with Crippen LogP contribution in [0, 0.1) is 17.9 Å². The van der Waals surface area contributed by atoms with Crippen molar-refractivity contribution >= 4 is 22.5 Å². The number of carbonyl (C=O) groups is 2. The Morgan fingerprint density at radius 1 is 0.868 bits per heavy atom. The Bertz CT molecular complexity index is 1470. The smallest absolute Gasteiger partial charge is 0.194 e. The van der Waals surface area contributed by atoms with Gasteiger partial charge in [0.25, 0.3) is 0 Å². The summed E-state index contributed by atoms with van der Waals surface area (Å²) in [5.41, 5.74) is 5.97. The van der Waals surface area contributed by atoms with E-state index in [2.05, 4.69) is 6.07 Å². The van der Waals surface area contributed by atoms with Crippen LogP contribution < -0.4 is 0 Å². The first-order valence-electron chi connectivity index (χ1n) is 12.7. The number of aliphatic hydroxyl groups is 1. The SMILES string of the molecule is CC(C)CC(=O)C=C(O)CC(C)C.O=C1c2ccccc2-c2c(-c3[c-]cccc3)nc3ccccc3c21.[Ir]. The van der Waals surface area contributed by atoms with Crippen LogP contribution in [0.1, 0.15) is 56.5 Å². The zero-order valence-corrected chi connectivity index (χ0v) is 24.5. The Balaban J connectivity index is 0.000000248. The molecule has 5 rings (SSSR count). The van der Waals surface area contributed by atoms with Gasteiger partial charge in [-0.3, -0.25) is 14.6 Å². The second-order valence-electron chi connectivity index (χ2n) is 10.2. The molecule has 0 bridgehead atoms. The van der Waals surface area contributed by atoms with Crippen LogP contribution >= 0.6 is 0 Å². The molecule has 0 atom stereocenters. The minimum absolute atomic E-state index is 0. The Kier molecular flexibility index (Phi) is 9.90. The molecule has 1 aliphatic rings. The Labute approximate surface area is 238 Å². The monoisotopic (exact) mass is 683 g/mol. The molecule has 0 aliphatic heterocycles. The maximum atomic E-state index is 13.0. The van der Waals surface area contributed by atoms with E-state index in [1.165, 1.54) is 6.08 Å². The van der Waals surface area contributed by atoms with Crippen LogP contribution in [-0.4, -0.2) is 21.7 Å². The zero-order chi connectivity index (χ0) is 26.5. The van der Waals surface area contributed by atoms with Crippen LogP contribution in [0.5, 0.6) is 0 Å². The third-order valence-corrected chi connectivity index (χ3v) is 6.08. The number of pyridine rings is 1. The molecular weight excluding hydrogens is 651 g/mol. The van der Waals surface area contributed by atoms with E-state index < -0.39 is 0 Å². The van der Waals surface area contributed by atoms with E-state index in [1.807, 2.05) is 100 Å². The fraction of sp³-hybridized carbons (Fsp3) is 0.242. The summed E-state index contributed by atoms with van der Waals surface area (Å²) in [7, 11) is 0. The summed E-state index contributed by atoms with van der Waals surface area (Å²) in [6.45, 7) is 8.00. The molecule has 4 aromatic rings. The number of ketones is 2. The minimum Gasteiger partial charge on any atom is -0.512 e. The number of hydrogen-bond acceptors (Lipinski definition) is 4. The van der Waals surface area contributed by atoms with Gasteiger partial charge in [-0.15, -0.1) is 35.9 Å². The Morgan fingerprint density at radius 2 is 1.50 bits per heavy atom. The number of para-hydroxylation sites is 1. The van der Waals surface area contributed by atoms with Gasteiger partial charge < -0.3 is 5.11 Å². The van der Waals surface area contributed by atoms with E-state index in [-0.39, 0.29) is 37.4 Å². The van der Waals surface area contributed by atoms with E-state index in [4.69, 9.17) is 4.98 Å². The van der Waals surface area contributed by atoms with Crippen LogP contribution in [0.4, 0.5) is 0 Å². The summed E-state index contributed by atoms with van der Waals surface area (Å²) in [5.74, 6) is 1.06. The van der Waals surface area contributed by atoms with E-state index in [0.29, 0.717) is 24.7 Å². The van der Waals surface area contributed by atoms with Crippen LogP contribution in [0.3, 0.4) is 0 Å². The molecule has 0 saturated heterocycles. The van der Waals surface area contributed by atoms with Gasteiger partial charge in [-0.25, -0.2) is 0 Å². The normalized spacial score (nSPS) is 12.1. The largest absolute Gasteiger partial charge is 0.512 e. The van der Waals surface area contributed by atoms with Crippen molar-refractivity contribution in [3.63, 3.8) is 0 Å². The Morgan fingerprint density at radius 3 is 2.16 bits per heavy atom. The van der Waals surface area contributed by atoms with Crippen molar-refractivity contribution in [2.24, 2.45) is 11.8 Å². The molecule has 0 unspecified atom stereocenters. The van der Waals surface area contributed by atoms with Crippen molar-refractivity contribution in [2.75, 3.05) is 0 Å². The zero-order valence-electron chi connectivity index (χ0n) is 22.1. The van der Waals surface area contributed by atoms with Crippen LogP contribution in [0.2, 0.25) is 0 Å². The molecule has 0 amide bonds. The summed E-state index contributed by atoms with van der Waals surface area (Å²) in [5, 5.41) is 10.3. The van der Waals surface area contributed by atoms with Crippen molar-refractivity contribution in [1.29, 1.82) is 0 Å². The number of fused-ring (bicyclic) bond motifs is 5. The molecule has 1 radical (unpaired) electrons. The number of aliphatic hydroxyl groups excluding tert-OH is 1. The topological polar surface area (TPSA) is 67.3 Å². The van der Waals surface area contributed by atoms with Crippen molar-refractivity contribution in [3.8, 4) is 22.4 Å². The van der Waals surface area contributed by atoms with Crippen LogP contribution in [0.25, 0.3) is 33.3 Å². The predicted molar refractivity (Wildman–Crippen MR) is 150 cm³/mol. The standard InChI is InChI=1S/C22H12NO.C11H20O2.Ir/c24-22-16-11-5-4-10-15(16)19-20(22)17-12-6-7-13-18(17)23-21(19)14-8-2-1-3-9-14;1-8(2)5-10(12)7-11(13)6-9(3)4;/h1-8,10-13H;7-9,12H,5-6H2,1-4H3;/q-1;;. The second kappa shape index (κ2) is 12.9. The maximum absolute atomic E-state index is 13.0. The molecule has 1 heterocycles. The van der Waals surface area contributed by atoms with Gasteiger partial charge in [-0.1, -0.05) is 70.2 Å². The van der Waals surface area contributed by atoms with Crippen LogP contribution in [0.15, 0.2) is 84.6 Å². The first kappa shape index (κ1) is 29.2. The molecule has 1 aliphatic carbocycles. The average molecular weight is 683 g/mol. The van der Waals surface area contributed by atoms with Gasteiger partial charge in [0.2, 0.25) is 0 Å². The molecule has 38 heavy (non-hydrogen) atoms. The fourth-order valence-corrected chi connectivity index (χ4v) is 4.60. The van der Waals surface area contributed by atoms with Gasteiger partial charge in [0.05, 0.1) is 11.3 Å². The molecule has 5 heteroatoms. The molecule has 197 valence electrons. The van der Waals surface area contributed by atoms with Crippen molar-refractivity contribution < 1.29 is 34.8 Å². The number of rotatable bonds is 6. The van der Waals surface area contributed by atoms with E-state index in [1.54, 1.807) is 0 Å². The number of nitrogens with zero attached hydrogens (tertiary/aromatic N) is 1. The van der Waals surface area contributed by atoms with Crippen LogP contribution in [-0.2, 0) is 24.9 Å². The minimum atomic E-state index is 0. The van der Waals surface area contributed by atoms with Gasteiger partial charge in [0.15, 0.2) is 11.6 Å². The Hall–Kier alpha value is -3.40. The summed E-state index contributed by atoms with van der Waals surface area (Å²) >= 11 is 0.